The topological polar surface area (TPSA) is 88.0 Å². The molecule has 8 nitrogen and oxygen atoms in total. The van der Waals surface area contributed by atoms with Crippen LogP contribution in [-0.2, 0) is 11.3 Å². The molecule has 0 spiro atoms. The minimum absolute atomic E-state index is 0.205. The summed E-state index contributed by atoms with van der Waals surface area (Å²) in [6, 6.07) is 12.5. The molecule has 5 rings (SSSR count). The number of aromatic nitrogens is 4. The van der Waals surface area contributed by atoms with E-state index in [-0.39, 0.29) is 5.91 Å². The van der Waals surface area contributed by atoms with E-state index in [1.54, 1.807) is 0 Å². The summed E-state index contributed by atoms with van der Waals surface area (Å²) in [5, 5.41) is 8.36. The fourth-order valence-corrected chi connectivity index (χ4v) is 4.85. The highest BCUT2D eigenvalue weighted by Gasteiger charge is 2.36. The molecule has 2 atom stereocenters. The van der Waals surface area contributed by atoms with Gasteiger partial charge in [-0.2, -0.15) is 0 Å². The number of carbonyl (C=O) groups excluding carboxylic acids is 1. The molecule has 0 aliphatic carbocycles. The van der Waals surface area contributed by atoms with Crippen LogP contribution in [0.15, 0.2) is 48.8 Å². The number of fused-ring (bicyclic) bond motifs is 1. The Morgan fingerprint density at radius 1 is 1.10 bits per heavy atom. The van der Waals surface area contributed by atoms with Gasteiger partial charge in [0.05, 0.1) is 12.1 Å². The van der Waals surface area contributed by atoms with E-state index in [9.17, 15) is 4.79 Å². The van der Waals surface area contributed by atoms with Crippen molar-refractivity contribution in [3.05, 3.63) is 54.4 Å². The Hall–Kier alpha value is -2.84. The summed E-state index contributed by atoms with van der Waals surface area (Å²) in [7, 11) is 0. The van der Waals surface area contributed by atoms with Crippen LogP contribution in [0.3, 0.4) is 0 Å². The molecule has 1 amide bonds. The van der Waals surface area contributed by atoms with Gasteiger partial charge in [-0.3, -0.25) is 20.6 Å². The van der Waals surface area contributed by atoms with Gasteiger partial charge < -0.3 is 4.90 Å². The quantitative estimate of drug-likeness (QED) is 0.672. The summed E-state index contributed by atoms with van der Waals surface area (Å²) >= 11 is 0. The van der Waals surface area contributed by atoms with Crippen LogP contribution in [0, 0.1) is 5.92 Å². The van der Waals surface area contributed by atoms with Crippen molar-refractivity contribution in [2.24, 2.45) is 5.92 Å². The van der Waals surface area contributed by atoms with Crippen LogP contribution < -0.4 is 10.9 Å². The number of hydrogen-bond donors (Lipinski definition) is 2. The van der Waals surface area contributed by atoms with Gasteiger partial charge in [0.25, 0.3) is 0 Å². The molecule has 4 heterocycles. The van der Waals surface area contributed by atoms with Gasteiger partial charge in [0, 0.05) is 50.4 Å². The molecule has 2 aliphatic rings. The van der Waals surface area contributed by atoms with E-state index in [4.69, 9.17) is 0 Å². The van der Waals surface area contributed by atoms with E-state index in [0.29, 0.717) is 30.8 Å². The van der Waals surface area contributed by atoms with E-state index in [0.717, 1.165) is 43.5 Å². The number of benzene rings is 1. The summed E-state index contributed by atoms with van der Waals surface area (Å²) in [4.78, 5) is 18.9. The van der Waals surface area contributed by atoms with Gasteiger partial charge >= 0.3 is 0 Å². The predicted octanol–water partition coefficient (Wildman–Crippen LogP) is 1.72. The molecule has 2 unspecified atom stereocenters. The number of rotatable bonds is 5. The van der Waals surface area contributed by atoms with Crippen LogP contribution in [0.4, 0.5) is 0 Å². The maximum absolute atomic E-state index is 12.8. The largest absolute Gasteiger partial charge is 0.343 e. The van der Waals surface area contributed by atoms with Crippen LogP contribution in [0.2, 0.25) is 0 Å². The molecule has 30 heavy (non-hydrogen) atoms. The molecule has 0 radical (unpaired) electrons. The molecular weight excluding hydrogens is 378 g/mol. The van der Waals surface area contributed by atoms with E-state index in [1.807, 2.05) is 46.2 Å². The first-order valence-corrected chi connectivity index (χ1v) is 10.7. The van der Waals surface area contributed by atoms with Crippen molar-refractivity contribution in [1.82, 2.24) is 35.7 Å². The van der Waals surface area contributed by atoms with Gasteiger partial charge in [-0.15, -0.1) is 5.10 Å². The first-order chi connectivity index (χ1) is 14.8. The van der Waals surface area contributed by atoms with Crippen molar-refractivity contribution >= 4 is 16.9 Å². The number of carbonyl (C=O) groups is 1. The third-order valence-electron chi connectivity index (χ3n) is 6.52. The van der Waals surface area contributed by atoms with Crippen LogP contribution in [0.25, 0.3) is 11.0 Å². The number of piperidine rings is 1. The lowest BCUT2D eigenvalue weighted by molar-refractivity contribution is -0.133. The summed E-state index contributed by atoms with van der Waals surface area (Å²) in [6.45, 7) is 3.14. The SMILES string of the molecule is O=C(CCn1nnc2ccccc21)N1CCC(C2NNCC2c2ccncc2)CC1. The Labute approximate surface area is 175 Å². The number of nitrogens with zero attached hydrogens (tertiary/aromatic N) is 5. The van der Waals surface area contributed by atoms with Crippen molar-refractivity contribution in [3.8, 4) is 0 Å². The second-order valence-corrected chi connectivity index (χ2v) is 8.21. The number of hydrogen-bond acceptors (Lipinski definition) is 6. The molecule has 2 aliphatic heterocycles. The highest BCUT2D eigenvalue weighted by atomic mass is 16.2. The third kappa shape index (κ3) is 3.80. The standard InChI is InChI=1S/C22H27N7O/c30-21(9-14-29-20-4-2-1-3-19(20)25-27-29)28-12-7-17(8-13-28)22-18(15-24-26-22)16-5-10-23-11-6-16/h1-6,10-11,17-18,22,24,26H,7-9,12-15H2. The number of aryl methyl sites for hydroxylation is 1. The van der Waals surface area contributed by atoms with Crippen LogP contribution >= 0.6 is 0 Å². The Bertz CT molecular complexity index is 997. The second kappa shape index (κ2) is 8.49. The van der Waals surface area contributed by atoms with Crippen molar-refractivity contribution in [1.29, 1.82) is 0 Å². The van der Waals surface area contributed by atoms with E-state index in [2.05, 4.69) is 38.3 Å². The Morgan fingerprint density at radius 2 is 1.90 bits per heavy atom. The predicted molar refractivity (Wildman–Crippen MR) is 113 cm³/mol. The summed E-state index contributed by atoms with van der Waals surface area (Å²) in [6.07, 6.45) is 6.24. The van der Waals surface area contributed by atoms with Gasteiger partial charge in [-0.05, 0) is 48.6 Å². The lowest BCUT2D eigenvalue weighted by atomic mass is 9.80. The van der Waals surface area contributed by atoms with Crippen molar-refractivity contribution < 1.29 is 4.79 Å². The Morgan fingerprint density at radius 3 is 2.73 bits per heavy atom. The summed E-state index contributed by atoms with van der Waals surface area (Å²) in [5.74, 6) is 1.21. The van der Waals surface area contributed by atoms with E-state index >= 15 is 0 Å². The maximum Gasteiger partial charge on any atom is 0.224 e. The molecule has 1 aromatic carbocycles. The normalized spacial score (nSPS) is 22.6. The highest BCUT2D eigenvalue weighted by molar-refractivity contribution is 5.77. The van der Waals surface area contributed by atoms with Gasteiger partial charge in [0.1, 0.15) is 5.52 Å². The summed E-state index contributed by atoms with van der Waals surface area (Å²) in [5.41, 5.74) is 9.99. The van der Waals surface area contributed by atoms with Crippen molar-refractivity contribution in [2.75, 3.05) is 19.6 Å². The monoisotopic (exact) mass is 405 g/mol. The van der Waals surface area contributed by atoms with Crippen LogP contribution in [0.1, 0.15) is 30.7 Å². The zero-order valence-electron chi connectivity index (χ0n) is 16.9. The smallest absolute Gasteiger partial charge is 0.224 e. The highest BCUT2D eigenvalue weighted by Crippen LogP contribution is 2.32. The molecular formula is C22H27N7O. The van der Waals surface area contributed by atoms with Gasteiger partial charge in [-0.25, -0.2) is 4.68 Å². The maximum atomic E-state index is 12.8. The Balaban J connectivity index is 1.15. The molecule has 0 saturated carbocycles. The first-order valence-electron chi connectivity index (χ1n) is 10.7. The molecule has 2 saturated heterocycles. The van der Waals surface area contributed by atoms with Gasteiger partial charge in [-0.1, -0.05) is 17.3 Å². The zero-order chi connectivity index (χ0) is 20.3. The fourth-order valence-electron chi connectivity index (χ4n) is 4.85. The lowest BCUT2D eigenvalue weighted by Gasteiger charge is -2.36. The molecule has 8 heteroatoms. The number of nitrogens with one attached hydrogen (secondary N) is 2. The lowest BCUT2D eigenvalue weighted by Crippen LogP contribution is -2.46. The van der Waals surface area contributed by atoms with Crippen molar-refractivity contribution in [2.45, 2.75) is 37.8 Å². The summed E-state index contributed by atoms with van der Waals surface area (Å²) < 4.78 is 1.83. The average molecular weight is 406 g/mol. The van der Waals surface area contributed by atoms with Gasteiger partial charge in [0.15, 0.2) is 0 Å². The number of para-hydroxylation sites is 1. The third-order valence-corrected chi connectivity index (χ3v) is 6.52. The fraction of sp³-hybridized carbons (Fsp3) is 0.455. The van der Waals surface area contributed by atoms with Crippen LogP contribution in [-0.4, -0.2) is 56.5 Å². The van der Waals surface area contributed by atoms with Crippen molar-refractivity contribution in [3.63, 3.8) is 0 Å². The second-order valence-electron chi connectivity index (χ2n) is 8.21. The average Bonchev–Trinajstić information content (AvgIpc) is 3.46. The minimum Gasteiger partial charge on any atom is -0.343 e. The first kappa shape index (κ1) is 19.1. The number of amides is 1. The molecule has 2 N–H and O–H groups in total. The molecule has 2 aromatic heterocycles. The van der Waals surface area contributed by atoms with E-state index in [1.165, 1.54) is 5.56 Å². The number of pyridine rings is 1. The number of likely N-dealkylation sites (tertiary alicyclic amines) is 1. The molecule has 156 valence electrons. The minimum atomic E-state index is 0.205. The Kier molecular flexibility index (Phi) is 5.42. The molecule has 2 fully saturated rings. The number of hydrazine groups is 1. The van der Waals surface area contributed by atoms with Crippen LogP contribution in [0.5, 0.6) is 0 Å². The molecule has 0 bridgehead atoms. The van der Waals surface area contributed by atoms with Gasteiger partial charge in [0.2, 0.25) is 5.91 Å². The zero-order valence-corrected chi connectivity index (χ0v) is 16.9. The van der Waals surface area contributed by atoms with E-state index < -0.39 is 0 Å². The molecule has 3 aromatic rings.